The molecule has 1 heterocycles. The predicted octanol–water partition coefficient (Wildman–Crippen LogP) is 14.4. The van der Waals surface area contributed by atoms with E-state index in [9.17, 15) is 34.5 Å². The van der Waals surface area contributed by atoms with Crippen molar-refractivity contribution in [2.75, 3.05) is 13.2 Å². The Morgan fingerprint density at radius 3 is 1.36 bits per heavy atom. The zero-order valence-electron chi connectivity index (χ0n) is 46.2. The van der Waals surface area contributed by atoms with Crippen LogP contribution in [0.15, 0.2) is 122 Å². The molecule has 1 aliphatic heterocycles. The zero-order valence-corrected chi connectivity index (χ0v) is 46.2. The molecule has 6 atom stereocenters. The van der Waals surface area contributed by atoms with Crippen LogP contribution in [0.1, 0.15) is 201 Å². The highest BCUT2D eigenvalue weighted by Crippen LogP contribution is 2.26. The van der Waals surface area contributed by atoms with Crippen LogP contribution in [0.5, 0.6) is 0 Å². The lowest BCUT2D eigenvalue weighted by Crippen LogP contribution is -2.61. The second kappa shape index (κ2) is 50.0. The van der Waals surface area contributed by atoms with E-state index in [1.807, 2.05) is 12.2 Å². The minimum atomic E-state index is -1.93. The molecule has 1 aliphatic rings. The maximum Gasteiger partial charge on any atom is 0.335 e. The van der Waals surface area contributed by atoms with Gasteiger partial charge in [0.25, 0.3) is 0 Å². The van der Waals surface area contributed by atoms with Gasteiger partial charge in [0.05, 0.1) is 6.61 Å². The van der Waals surface area contributed by atoms with Crippen molar-refractivity contribution >= 4 is 23.9 Å². The average Bonchev–Trinajstić information content (AvgIpc) is 3.39. The fourth-order valence-corrected chi connectivity index (χ4v) is 7.69. The van der Waals surface area contributed by atoms with E-state index in [1.165, 1.54) is 19.3 Å². The fraction of sp³-hybridized carbons (Fsp3) is 0.619. The molecule has 1 rings (SSSR count). The molecule has 0 aromatic carbocycles. The number of aliphatic hydroxyl groups is 2. The van der Waals surface area contributed by atoms with Gasteiger partial charge >= 0.3 is 23.9 Å². The quantitative estimate of drug-likeness (QED) is 0.0228. The number of esters is 3. The summed E-state index contributed by atoms with van der Waals surface area (Å²) < 4.78 is 28.2. The number of carbonyl (C=O) groups is 4. The van der Waals surface area contributed by atoms with Crippen LogP contribution in [-0.4, -0.2) is 89.2 Å². The summed E-state index contributed by atoms with van der Waals surface area (Å²) in [5.74, 6) is -3.32. The Morgan fingerprint density at radius 1 is 0.453 bits per heavy atom. The van der Waals surface area contributed by atoms with Crippen molar-refractivity contribution in [1.82, 2.24) is 0 Å². The summed E-state index contributed by atoms with van der Waals surface area (Å²) in [4.78, 5) is 51.0. The van der Waals surface area contributed by atoms with Crippen LogP contribution in [-0.2, 0) is 42.9 Å². The third-order valence-corrected chi connectivity index (χ3v) is 12.0. The van der Waals surface area contributed by atoms with Crippen molar-refractivity contribution in [3.05, 3.63) is 122 Å². The van der Waals surface area contributed by atoms with Crippen LogP contribution in [0.4, 0.5) is 0 Å². The molecular weight excluding hydrogens is 949 g/mol. The Balaban J connectivity index is 2.77. The maximum absolute atomic E-state index is 13.1. The summed E-state index contributed by atoms with van der Waals surface area (Å²) >= 11 is 0. The predicted molar refractivity (Wildman–Crippen MR) is 303 cm³/mol. The first-order valence-electron chi connectivity index (χ1n) is 28.5. The first kappa shape index (κ1) is 68.1. The summed E-state index contributed by atoms with van der Waals surface area (Å²) in [6.07, 6.45) is 56.2. The molecule has 12 heteroatoms. The normalized spacial score (nSPS) is 19.1. The second-order valence-corrected chi connectivity index (χ2v) is 18.8. The molecule has 3 N–H and O–H groups in total. The van der Waals surface area contributed by atoms with Crippen LogP contribution < -0.4 is 0 Å². The molecule has 0 bridgehead atoms. The Hall–Kier alpha value is -4.88. The standard InChI is InChI=1S/C63H98O12/c1-4-7-10-13-16-19-22-25-27-28-30-33-36-39-42-45-48-51-57(66)74-61-59(68)58(67)60(62(69)70)75-63(61)72-53-54(73-56(65)50-47-44-41-38-35-31-24-21-18-15-12-9-6-3)52-71-55(64)49-46-43-40-37-34-32-29-26-23-20-17-14-11-8-5-2/h8-9,11-12,16-21,25-27,29,31,34-35,37,41,44,54,58-61,63,67-68H,4-7,10,13-15,22-24,28,30,32-33,36,38-40,42-43,45-53H2,1-3H3,(H,69,70)/b11-8-,12-9-,19-16-,20-17-,21-18-,27-25-,29-26-,35-31-,37-34-,44-41-. The number of unbranched alkanes of at least 4 members (excludes halogenated alkanes) is 12. The van der Waals surface area contributed by atoms with Crippen molar-refractivity contribution in [3.8, 4) is 0 Å². The summed E-state index contributed by atoms with van der Waals surface area (Å²) in [6.45, 7) is 5.61. The van der Waals surface area contributed by atoms with Crippen LogP contribution >= 0.6 is 0 Å². The second-order valence-electron chi connectivity index (χ2n) is 18.8. The van der Waals surface area contributed by atoms with Gasteiger partial charge in [0.15, 0.2) is 24.6 Å². The molecule has 6 unspecified atom stereocenters. The number of aliphatic hydroxyl groups excluding tert-OH is 2. The molecule has 0 spiro atoms. The lowest BCUT2D eigenvalue weighted by molar-refractivity contribution is -0.301. The van der Waals surface area contributed by atoms with E-state index in [-0.39, 0.29) is 25.9 Å². The van der Waals surface area contributed by atoms with E-state index in [4.69, 9.17) is 23.7 Å². The van der Waals surface area contributed by atoms with E-state index in [0.717, 1.165) is 116 Å². The summed E-state index contributed by atoms with van der Waals surface area (Å²) in [6, 6.07) is 0. The number of carboxylic acids is 1. The molecule has 0 amide bonds. The molecule has 422 valence electrons. The van der Waals surface area contributed by atoms with Crippen LogP contribution in [0.25, 0.3) is 0 Å². The van der Waals surface area contributed by atoms with Crippen molar-refractivity contribution in [2.45, 2.75) is 237 Å². The molecule has 1 fully saturated rings. The van der Waals surface area contributed by atoms with Crippen LogP contribution in [0.3, 0.4) is 0 Å². The average molecular weight is 1050 g/mol. The van der Waals surface area contributed by atoms with Crippen LogP contribution in [0.2, 0.25) is 0 Å². The minimum Gasteiger partial charge on any atom is -0.479 e. The first-order valence-corrected chi connectivity index (χ1v) is 28.5. The van der Waals surface area contributed by atoms with E-state index < -0.39 is 67.3 Å². The van der Waals surface area contributed by atoms with E-state index in [1.54, 1.807) is 0 Å². The number of hydrogen-bond donors (Lipinski definition) is 3. The molecule has 12 nitrogen and oxygen atoms in total. The van der Waals surface area contributed by atoms with Crippen molar-refractivity contribution < 1.29 is 58.2 Å². The number of carboxylic acid groups (broad SMARTS) is 1. The number of aliphatic carboxylic acids is 1. The summed E-state index contributed by atoms with van der Waals surface area (Å²) in [7, 11) is 0. The van der Waals surface area contributed by atoms with Gasteiger partial charge in [-0.05, 0) is 116 Å². The Morgan fingerprint density at radius 2 is 0.867 bits per heavy atom. The zero-order chi connectivity index (χ0) is 54.7. The first-order chi connectivity index (χ1) is 36.6. The number of hydrogen-bond acceptors (Lipinski definition) is 11. The highest BCUT2D eigenvalue weighted by Gasteiger charge is 2.50. The van der Waals surface area contributed by atoms with Gasteiger partial charge in [0, 0.05) is 19.3 Å². The van der Waals surface area contributed by atoms with Gasteiger partial charge in [-0.3, -0.25) is 14.4 Å². The molecule has 0 aromatic heterocycles. The topological polar surface area (TPSA) is 175 Å². The highest BCUT2D eigenvalue weighted by atomic mass is 16.7. The Bertz CT molecular complexity index is 1770. The molecule has 1 saturated heterocycles. The van der Waals surface area contributed by atoms with Crippen molar-refractivity contribution in [1.29, 1.82) is 0 Å². The summed E-state index contributed by atoms with van der Waals surface area (Å²) in [5.41, 5.74) is 0. The summed E-state index contributed by atoms with van der Waals surface area (Å²) in [5, 5.41) is 31.4. The van der Waals surface area contributed by atoms with E-state index in [0.29, 0.717) is 25.7 Å². The molecule has 0 saturated carbocycles. The monoisotopic (exact) mass is 1050 g/mol. The smallest absolute Gasteiger partial charge is 0.335 e. The molecule has 75 heavy (non-hydrogen) atoms. The molecule has 0 aromatic rings. The Labute approximate surface area is 452 Å². The van der Waals surface area contributed by atoms with E-state index in [2.05, 4.69) is 130 Å². The fourth-order valence-electron chi connectivity index (χ4n) is 7.69. The number of ether oxygens (including phenoxy) is 5. The van der Waals surface area contributed by atoms with Gasteiger partial charge < -0.3 is 39.0 Å². The third kappa shape index (κ3) is 40.1. The van der Waals surface area contributed by atoms with Gasteiger partial charge in [-0.15, -0.1) is 0 Å². The SMILES string of the molecule is CC/C=C\C/C=C\C/C=C\C/C=C\CCCCC(=O)OCC(COC1OC(C(=O)O)C(O)C(O)C1OC(=O)CCCCCCCCC/C=C\C/C=C\CCCCC)OC(=O)CC/C=C\C/C=C\C/C=C\C/C=C\CC. The third-order valence-electron chi connectivity index (χ3n) is 12.0. The van der Waals surface area contributed by atoms with Gasteiger partial charge in [-0.2, -0.15) is 0 Å². The van der Waals surface area contributed by atoms with Crippen molar-refractivity contribution in [3.63, 3.8) is 0 Å². The van der Waals surface area contributed by atoms with Gasteiger partial charge in [0.1, 0.15) is 18.8 Å². The lowest BCUT2D eigenvalue weighted by Gasteiger charge is -2.40. The van der Waals surface area contributed by atoms with Gasteiger partial charge in [-0.1, -0.05) is 187 Å². The number of carbonyl (C=O) groups excluding carboxylic acids is 3. The molecule has 0 aliphatic carbocycles. The molecule has 0 radical (unpaired) electrons. The van der Waals surface area contributed by atoms with Gasteiger partial charge in [0.2, 0.25) is 0 Å². The Kier molecular flexibility index (Phi) is 45.4. The van der Waals surface area contributed by atoms with Gasteiger partial charge in [-0.25, -0.2) is 4.79 Å². The van der Waals surface area contributed by atoms with Crippen molar-refractivity contribution in [2.24, 2.45) is 0 Å². The number of allylic oxidation sites excluding steroid dienone is 20. The maximum atomic E-state index is 13.1. The lowest BCUT2D eigenvalue weighted by atomic mass is 9.98. The van der Waals surface area contributed by atoms with E-state index >= 15 is 0 Å². The largest absolute Gasteiger partial charge is 0.479 e. The minimum absolute atomic E-state index is 0.0251. The highest BCUT2D eigenvalue weighted by molar-refractivity contribution is 5.74. The van der Waals surface area contributed by atoms with Crippen LogP contribution in [0, 0.1) is 0 Å². The molecular formula is C63H98O12. The number of rotatable bonds is 46.